The van der Waals surface area contributed by atoms with Crippen LogP contribution >= 0.6 is 0 Å². The van der Waals surface area contributed by atoms with Gasteiger partial charge in [0.2, 0.25) is 0 Å². The van der Waals surface area contributed by atoms with E-state index >= 15 is 0 Å². The van der Waals surface area contributed by atoms with Crippen molar-refractivity contribution < 1.29 is 0 Å². The number of hydrogen-bond donors (Lipinski definition) is 1. The molecule has 5 rings (SSSR count). The number of nitrogens with two attached hydrogens (primary N) is 1. The van der Waals surface area contributed by atoms with Crippen LogP contribution in [0.2, 0.25) is 0 Å². The molecule has 0 unspecified atom stereocenters. The van der Waals surface area contributed by atoms with Crippen LogP contribution in [-0.2, 0) is 18.9 Å². The predicted octanol–water partition coefficient (Wildman–Crippen LogP) is 1.78. The van der Waals surface area contributed by atoms with Crippen molar-refractivity contribution in [3.05, 3.63) is 11.6 Å². The van der Waals surface area contributed by atoms with E-state index in [0.717, 1.165) is 35.8 Å². The Morgan fingerprint density at radius 2 is 1.74 bits per heavy atom. The summed E-state index contributed by atoms with van der Waals surface area (Å²) in [5.41, 5.74) is 5.98. The Hall–Kier alpha value is -0.900. The Bertz CT molecular complexity index is 455. The molecule has 0 aromatic carbocycles. The molecule has 1 aromatic heterocycles. The molecular formula is C15H24N4. The molecule has 4 aliphatic rings. The quantitative estimate of drug-likeness (QED) is 0.901. The molecule has 0 spiro atoms. The highest BCUT2D eigenvalue weighted by atomic mass is 15.3. The molecule has 4 heteroatoms. The number of hydrogen-bond acceptors (Lipinski definition) is 3. The van der Waals surface area contributed by atoms with Gasteiger partial charge in [0.1, 0.15) is 5.82 Å². The van der Waals surface area contributed by atoms with Gasteiger partial charge in [-0.15, -0.1) is 0 Å². The second kappa shape index (κ2) is 4.05. The van der Waals surface area contributed by atoms with Crippen LogP contribution in [0.25, 0.3) is 0 Å². The molecule has 0 atom stereocenters. The summed E-state index contributed by atoms with van der Waals surface area (Å²) >= 11 is 0. The van der Waals surface area contributed by atoms with Crippen LogP contribution in [0.5, 0.6) is 0 Å². The Balaban J connectivity index is 1.69. The molecular weight excluding hydrogens is 236 g/mol. The van der Waals surface area contributed by atoms with E-state index in [1.54, 1.807) is 0 Å². The number of nitrogens with zero attached hydrogens (tertiary/aromatic N) is 3. The highest BCUT2D eigenvalue weighted by Crippen LogP contribution is 2.60. The SMILES string of the molecule is Cn1nc(C23CC4CC(CC(C4)C2)C3)nc1CCN. The van der Waals surface area contributed by atoms with Crippen molar-refractivity contribution in [2.45, 2.75) is 50.4 Å². The van der Waals surface area contributed by atoms with E-state index in [2.05, 4.69) is 0 Å². The van der Waals surface area contributed by atoms with Gasteiger partial charge >= 0.3 is 0 Å². The Morgan fingerprint density at radius 1 is 1.16 bits per heavy atom. The Kier molecular flexibility index (Phi) is 2.53. The van der Waals surface area contributed by atoms with E-state index in [4.69, 9.17) is 15.8 Å². The van der Waals surface area contributed by atoms with Gasteiger partial charge in [0.05, 0.1) is 0 Å². The van der Waals surface area contributed by atoms with Crippen molar-refractivity contribution in [2.24, 2.45) is 30.5 Å². The maximum Gasteiger partial charge on any atom is 0.157 e. The van der Waals surface area contributed by atoms with E-state index in [-0.39, 0.29) is 0 Å². The van der Waals surface area contributed by atoms with Crippen molar-refractivity contribution in [2.75, 3.05) is 6.54 Å². The smallest absolute Gasteiger partial charge is 0.157 e. The zero-order valence-electron chi connectivity index (χ0n) is 11.8. The Labute approximate surface area is 114 Å². The van der Waals surface area contributed by atoms with Crippen LogP contribution in [0.3, 0.4) is 0 Å². The second-order valence-electron chi connectivity index (χ2n) is 7.21. The van der Waals surface area contributed by atoms with E-state index in [1.807, 2.05) is 11.7 Å². The molecule has 4 bridgehead atoms. The average Bonchev–Trinajstić information content (AvgIpc) is 2.70. The predicted molar refractivity (Wildman–Crippen MR) is 73.6 cm³/mol. The third-order valence-corrected chi connectivity index (χ3v) is 5.73. The number of aryl methyl sites for hydroxylation is 1. The summed E-state index contributed by atoms with van der Waals surface area (Å²) in [5, 5.41) is 4.77. The highest BCUT2D eigenvalue weighted by molar-refractivity contribution is 5.17. The molecule has 0 saturated heterocycles. The molecule has 104 valence electrons. The van der Waals surface area contributed by atoms with Gasteiger partial charge in [0, 0.05) is 18.9 Å². The van der Waals surface area contributed by atoms with Gasteiger partial charge in [-0.3, -0.25) is 4.68 Å². The lowest BCUT2D eigenvalue weighted by Gasteiger charge is -2.55. The molecule has 19 heavy (non-hydrogen) atoms. The summed E-state index contributed by atoms with van der Waals surface area (Å²) in [6, 6.07) is 0. The van der Waals surface area contributed by atoms with Crippen molar-refractivity contribution in [1.29, 1.82) is 0 Å². The highest BCUT2D eigenvalue weighted by Gasteiger charge is 2.53. The van der Waals surface area contributed by atoms with Gasteiger partial charge in [-0.2, -0.15) is 5.10 Å². The summed E-state index contributed by atoms with van der Waals surface area (Å²) in [4.78, 5) is 4.86. The van der Waals surface area contributed by atoms with Gasteiger partial charge in [-0.25, -0.2) is 4.98 Å². The summed E-state index contributed by atoms with van der Waals surface area (Å²) in [7, 11) is 2.02. The van der Waals surface area contributed by atoms with Crippen LogP contribution in [0.1, 0.15) is 50.2 Å². The van der Waals surface area contributed by atoms with Crippen LogP contribution in [0.15, 0.2) is 0 Å². The average molecular weight is 260 g/mol. The second-order valence-corrected chi connectivity index (χ2v) is 7.21. The summed E-state index contributed by atoms with van der Waals surface area (Å²) in [5.74, 6) is 5.06. The first-order chi connectivity index (χ1) is 9.18. The lowest BCUT2D eigenvalue weighted by molar-refractivity contribution is -0.00942. The molecule has 0 radical (unpaired) electrons. The first kappa shape index (κ1) is 11.9. The molecule has 4 nitrogen and oxygen atoms in total. The van der Waals surface area contributed by atoms with Crippen molar-refractivity contribution in [3.8, 4) is 0 Å². The van der Waals surface area contributed by atoms with E-state index in [1.165, 1.54) is 38.5 Å². The largest absolute Gasteiger partial charge is 0.330 e. The fourth-order valence-corrected chi connectivity index (χ4v) is 5.37. The first-order valence-corrected chi connectivity index (χ1v) is 7.79. The normalized spacial score (nSPS) is 40.0. The third kappa shape index (κ3) is 1.76. The van der Waals surface area contributed by atoms with Crippen LogP contribution in [-0.4, -0.2) is 21.3 Å². The topological polar surface area (TPSA) is 56.7 Å². The van der Waals surface area contributed by atoms with Crippen molar-refractivity contribution in [3.63, 3.8) is 0 Å². The van der Waals surface area contributed by atoms with Gasteiger partial charge in [0.25, 0.3) is 0 Å². The third-order valence-electron chi connectivity index (χ3n) is 5.73. The zero-order chi connectivity index (χ0) is 13.0. The van der Waals surface area contributed by atoms with Crippen molar-refractivity contribution in [1.82, 2.24) is 14.8 Å². The van der Waals surface area contributed by atoms with Gasteiger partial charge in [0.15, 0.2) is 5.82 Å². The summed E-state index contributed by atoms with van der Waals surface area (Å²) < 4.78 is 1.96. The fraction of sp³-hybridized carbons (Fsp3) is 0.867. The molecule has 4 fully saturated rings. The molecule has 0 amide bonds. The number of aromatic nitrogens is 3. The van der Waals surface area contributed by atoms with E-state index < -0.39 is 0 Å². The zero-order valence-corrected chi connectivity index (χ0v) is 11.8. The van der Waals surface area contributed by atoms with Gasteiger partial charge in [-0.05, 0) is 62.8 Å². The maximum atomic E-state index is 5.66. The van der Waals surface area contributed by atoms with Crippen LogP contribution in [0, 0.1) is 17.8 Å². The minimum absolute atomic E-state index is 0.319. The maximum absolute atomic E-state index is 5.66. The number of rotatable bonds is 3. The summed E-state index contributed by atoms with van der Waals surface area (Å²) in [6.07, 6.45) is 9.28. The first-order valence-electron chi connectivity index (χ1n) is 7.79. The van der Waals surface area contributed by atoms with Crippen LogP contribution < -0.4 is 5.73 Å². The Morgan fingerprint density at radius 3 is 2.26 bits per heavy atom. The lowest BCUT2D eigenvalue weighted by atomic mass is 9.49. The molecule has 4 saturated carbocycles. The minimum Gasteiger partial charge on any atom is -0.330 e. The van der Waals surface area contributed by atoms with Crippen LogP contribution in [0.4, 0.5) is 0 Å². The minimum atomic E-state index is 0.319. The van der Waals surface area contributed by atoms with E-state index in [0.29, 0.717) is 12.0 Å². The van der Waals surface area contributed by atoms with Gasteiger partial charge < -0.3 is 5.73 Å². The van der Waals surface area contributed by atoms with Crippen molar-refractivity contribution >= 4 is 0 Å². The van der Waals surface area contributed by atoms with Gasteiger partial charge in [-0.1, -0.05) is 0 Å². The molecule has 0 aliphatic heterocycles. The summed E-state index contributed by atoms with van der Waals surface area (Å²) in [6.45, 7) is 0.660. The van der Waals surface area contributed by atoms with E-state index in [9.17, 15) is 0 Å². The standard InChI is InChI=1S/C15H24N4/c1-19-13(2-3-16)17-14(18-19)15-7-10-4-11(8-15)6-12(5-10)9-15/h10-12H,2-9,16H2,1H3. The molecule has 4 aliphatic carbocycles. The monoisotopic (exact) mass is 260 g/mol. The fourth-order valence-electron chi connectivity index (χ4n) is 5.37. The lowest BCUT2D eigenvalue weighted by Crippen LogP contribution is -2.49. The molecule has 1 aromatic rings. The molecule has 2 N–H and O–H groups in total. The molecule has 1 heterocycles.